The molecule has 0 amide bonds. The normalized spacial score (nSPS) is 10.9. The highest BCUT2D eigenvalue weighted by atomic mass is 32.2. The second-order valence-corrected chi connectivity index (χ2v) is 8.09. The Morgan fingerprint density at radius 3 is 1.94 bits per heavy atom. The Labute approximate surface area is 177 Å². The Kier molecular flexibility index (Phi) is 6.12. The van der Waals surface area contributed by atoms with E-state index in [4.69, 9.17) is 4.74 Å². The van der Waals surface area contributed by atoms with E-state index in [9.17, 15) is 28.1 Å². The van der Waals surface area contributed by atoms with Gasteiger partial charge >= 0.3 is 5.97 Å². The van der Waals surface area contributed by atoms with Gasteiger partial charge in [-0.2, -0.15) is 0 Å². The second kappa shape index (κ2) is 8.76. The predicted octanol–water partition coefficient (Wildman–Crippen LogP) is 3.82. The zero-order valence-electron chi connectivity index (χ0n) is 16.1. The van der Waals surface area contributed by atoms with Crippen molar-refractivity contribution in [2.24, 2.45) is 0 Å². The Bertz CT molecular complexity index is 1230. The van der Waals surface area contributed by atoms with Gasteiger partial charge in [0.25, 0.3) is 15.7 Å². The summed E-state index contributed by atoms with van der Waals surface area (Å²) in [5.41, 5.74) is 0.650. The maximum atomic E-state index is 12.5. The largest absolute Gasteiger partial charge is 0.423 e. The molecule has 158 valence electrons. The number of sulfonamides is 1. The van der Waals surface area contributed by atoms with Crippen LogP contribution in [0.4, 0.5) is 11.4 Å². The molecular weight excluding hydrogens is 424 g/mol. The second-order valence-electron chi connectivity index (χ2n) is 6.40. The third kappa shape index (κ3) is 5.31. The number of benzene rings is 3. The maximum absolute atomic E-state index is 12.5. The van der Waals surface area contributed by atoms with Crippen molar-refractivity contribution in [3.8, 4) is 5.75 Å². The number of carbonyl (C=O) groups is 2. The molecule has 0 aliphatic carbocycles. The SMILES string of the molecule is CC(=O)c1ccc(S(=O)(=O)Nc2ccc(C(=O)Oc3ccc([N+](=O)[O-])cc3)cc2)cc1. The molecule has 31 heavy (non-hydrogen) atoms. The summed E-state index contributed by atoms with van der Waals surface area (Å²) < 4.78 is 32.5. The molecule has 0 unspecified atom stereocenters. The van der Waals surface area contributed by atoms with Gasteiger partial charge in [-0.25, -0.2) is 13.2 Å². The highest BCUT2D eigenvalue weighted by molar-refractivity contribution is 7.92. The van der Waals surface area contributed by atoms with Gasteiger partial charge in [-0.15, -0.1) is 0 Å². The number of ketones is 1. The van der Waals surface area contributed by atoms with E-state index < -0.39 is 20.9 Å². The number of nitro groups is 1. The van der Waals surface area contributed by atoms with Crippen LogP contribution in [0.5, 0.6) is 5.75 Å². The topological polar surface area (TPSA) is 133 Å². The quantitative estimate of drug-likeness (QED) is 0.194. The fraction of sp³-hybridized carbons (Fsp3) is 0.0476. The van der Waals surface area contributed by atoms with Gasteiger partial charge in [0.1, 0.15) is 5.75 Å². The average molecular weight is 440 g/mol. The lowest BCUT2D eigenvalue weighted by atomic mass is 10.2. The number of hydrogen-bond donors (Lipinski definition) is 1. The lowest BCUT2D eigenvalue weighted by molar-refractivity contribution is -0.384. The van der Waals surface area contributed by atoms with E-state index in [0.29, 0.717) is 5.56 Å². The van der Waals surface area contributed by atoms with E-state index in [1.807, 2.05) is 0 Å². The first-order chi connectivity index (χ1) is 14.7. The summed E-state index contributed by atoms with van der Waals surface area (Å²) in [4.78, 5) is 33.6. The van der Waals surface area contributed by atoms with Crippen molar-refractivity contribution in [1.29, 1.82) is 0 Å². The molecule has 9 nitrogen and oxygen atoms in total. The van der Waals surface area contributed by atoms with Crippen LogP contribution in [0.2, 0.25) is 0 Å². The zero-order chi connectivity index (χ0) is 22.6. The van der Waals surface area contributed by atoms with E-state index in [1.165, 1.54) is 79.7 Å². The van der Waals surface area contributed by atoms with Gasteiger partial charge in [-0.05, 0) is 55.5 Å². The number of Topliss-reactive ketones (excluding diaryl/α,β-unsaturated/α-hetero) is 1. The number of anilines is 1. The van der Waals surface area contributed by atoms with Gasteiger partial charge in [0, 0.05) is 23.4 Å². The minimum atomic E-state index is -3.88. The van der Waals surface area contributed by atoms with E-state index >= 15 is 0 Å². The molecular formula is C21H16N2O7S. The van der Waals surface area contributed by atoms with Crippen molar-refractivity contribution in [1.82, 2.24) is 0 Å². The molecule has 3 rings (SSSR count). The molecule has 0 bridgehead atoms. The van der Waals surface area contributed by atoms with E-state index in [-0.39, 0.29) is 33.4 Å². The number of esters is 1. The van der Waals surface area contributed by atoms with Crippen molar-refractivity contribution in [2.75, 3.05) is 4.72 Å². The number of rotatable bonds is 7. The molecule has 0 saturated heterocycles. The first-order valence-corrected chi connectivity index (χ1v) is 10.3. The Morgan fingerprint density at radius 1 is 0.871 bits per heavy atom. The summed E-state index contributed by atoms with van der Waals surface area (Å²) in [5.74, 6) is -0.745. The molecule has 3 aromatic rings. The summed E-state index contributed by atoms with van der Waals surface area (Å²) >= 11 is 0. The van der Waals surface area contributed by atoms with Crippen LogP contribution in [0, 0.1) is 10.1 Å². The minimum absolute atomic E-state index is 0.0147. The summed E-state index contributed by atoms with van der Waals surface area (Å²) in [6, 6.07) is 16.1. The van der Waals surface area contributed by atoms with E-state index in [2.05, 4.69) is 4.72 Å². The number of nitrogens with zero attached hydrogens (tertiary/aromatic N) is 1. The molecule has 0 aromatic heterocycles. The van der Waals surface area contributed by atoms with E-state index in [0.717, 1.165) is 0 Å². The molecule has 1 N–H and O–H groups in total. The van der Waals surface area contributed by atoms with Gasteiger partial charge in [0.2, 0.25) is 0 Å². The average Bonchev–Trinajstić information content (AvgIpc) is 2.74. The van der Waals surface area contributed by atoms with Crippen LogP contribution in [0.25, 0.3) is 0 Å². The number of non-ortho nitro benzene ring substituents is 1. The van der Waals surface area contributed by atoms with Crippen molar-refractivity contribution < 1.29 is 27.7 Å². The number of nitro benzene ring substituents is 1. The number of nitrogens with one attached hydrogen (secondary N) is 1. The van der Waals surface area contributed by atoms with Gasteiger partial charge in [-0.1, -0.05) is 12.1 Å². The molecule has 0 aliphatic rings. The van der Waals surface area contributed by atoms with Crippen LogP contribution in [0.1, 0.15) is 27.6 Å². The van der Waals surface area contributed by atoms with Gasteiger partial charge in [-0.3, -0.25) is 19.6 Å². The standard InChI is InChI=1S/C21H16N2O7S/c1-14(24)15-4-12-20(13-5-15)31(28,29)22-17-6-2-16(3-7-17)21(25)30-19-10-8-18(9-11-19)23(26)27/h2-13,22H,1H3. The van der Waals surface area contributed by atoms with Crippen LogP contribution in [0.3, 0.4) is 0 Å². The fourth-order valence-corrected chi connectivity index (χ4v) is 3.62. The van der Waals surface area contributed by atoms with Crippen LogP contribution < -0.4 is 9.46 Å². The fourth-order valence-electron chi connectivity index (χ4n) is 2.56. The molecule has 0 heterocycles. The van der Waals surface area contributed by atoms with Crippen LogP contribution >= 0.6 is 0 Å². The highest BCUT2D eigenvalue weighted by Crippen LogP contribution is 2.20. The van der Waals surface area contributed by atoms with E-state index in [1.54, 1.807) is 0 Å². The summed E-state index contributed by atoms with van der Waals surface area (Å²) in [6.07, 6.45) is 0. The summed E-state index contributed by atoms with van der Waals surface area (Å²) in [6.45, 7) is 1.38. The lowest BCUT2D eigenvalue weighted by Crippen LogP contribution is -2.13. The first kappa shape index (κ1) is 21.7. The molecule has 0 spiro atoms. The van der Waals surface area contributed by atoms with Gasteiger partial charge in [0.15, 0.2) is 5.78 Å². The first-order valence-electron chi connectivity index (χ1n) is 8.86. The molecule has 0 radical (unpaired) electrons. The van der Waals surface area contributed by atoms with Crippen LogP contribution in [0.15, 0.2) is 77.7 Å². The van der Waals surface area contributed by atoms with Gasteiger partial charge in [0.05, 0.1) is 15.4 Å². The van der Waals surface area contributed by atoms with Crippen molar-refractivity contribution in [3.05, 3.63) is 94.0 Å². The number of ether oxygens (including phenoxy) is 1. The predicted molar refractivity (Wildman–Crippen MR) is 112 cm³/mol. The van der Waals surface area contributed by atoms with Crippen LogP contribution in [-0.4, -0.2) is 25.1 Å². The molecule has 3 aromatic carbocycles. The van der Waals surface area contributed by atoms with Crippen molar-refractivity contribution >= 4 is 33.2 Å². The lowest BCUT2D eigenvalue weighted by Gasteiger charge is -2.09. The zero-order valence-corrected chi connectivity index (χ0v) is 17.0. The molecule has 10 heteroatoms. The van der Waals surface area contributed by atoms with Crippen molar-refractivity contribution in [3.63, 3.8) is 0 Å². The highest BCUT2D eigenvalue weighted by Gasteiger charge is 2.16. The number of hydrogen-bond acceptors (Lipinski definition) is 7. The monoisotopic (exact) mass is 440 g/mol. The van der Waals surface area contributed by atoms with Crippen molar-refractivity contribution in [2.45, 2.75) is 11.8 Å². The third-order valence-electron chi connectivity index (χ3n) is 4.20. The third-order valence-corrected chi connectivity index (χ3v) is 5.60. The van der Waals surface area contributed by atoms with Crippen LogP contribution in [-0.2, 0) is 10.0 Å². The summed E-state index contributed by atoms with van der Waals surface area (Å²) in [7, 11) is -3.88. The molecule has 0 saturated carbocycles. The maximum Gasteiger partial charge on any atom is 0.343 e. The summed E-state index contributed by atoms with van der Waals surface area (Å²) in [5, 5.41) is 10.7. The Balaban J connectivity index is 1.68. The molecule has 0 fully saturated rings. The minimum Gasteiger partial charge on any atom is -0.423 e. The Morgan fingerprint density at radius 2 is 1.42 bits per heavy atom. The smallest absolute Gasteiger partial charge is 0.343 e. The molecule has 0 aliphatic heterocycles. The van der Waals surface area contributed by atoms with Gasteiger partial charge < -0.3 is 4.74 Å². The number of carbonyl (C=O) groups excluding carboxylic acids is 2. The Hall–Kier alpha value is -4.05. The molecule has 0 atom stereocenters.